The van der Waals surface area contributed by atoms with E-state index in [1.165, 1.54) is 0 Å². The molecule has 2 amide bonds. The van der Waals surface area contributed by atoms with Crippen LogP contribution in [0.2, 0.25) is 10.0 Å². The van der Waals surface area contributed by atoms with Gasteiger partial charge in [-0.25, -0.2) is 14.8 Å². The molecule has 2 aromatic rings. The Hall–Kier alpha value is -2.09. The number of hydrogen-bond acceptors (Lipinski definition) is 5. The minimum Gasteiger partial charge on any atom is -0.394 e. The number of amides is 2. The molecule has 2 heterocycles. The quantitative estimate of drug-likeness (QED) is 0.685. The highest BCUT2D eigenvalue weighted by Crippen LogP contribution is 2.26. The van der Waals surface area contributed by atoms with Gasteiger partial charge in [0.05, 0.1) is 34.9 Å². The van der Waals surface area contributed by atoms with Crippen LogP contribution in [0.1, 0.15) is 36.7 Å². The number of aliphatic hydroxyl groups excluding tert-OH is 1. The zero-order valence-corrected chi connectivity index (χ0v) is 17.3. The molecule has 1 aliphatic heterocycles. The fourth-order valence-corrected chi connectivity index (χ4v) is 3.26. The van der Waals surface area contributed by atoms with Gasteiger partial charge in [-0.2, -0.15) is 0 Å². The second kappa shape index (κ2) is 8.94. The van der Waals surface area contributed by atoms with E-state index in [2.05, 4.69) is 20.6 Å². The van der Waals surface area contributed by atoms with Crippen molar-refractivity contribution in [1.29, 1.82) is 0 Å². The minimum atomic E-state index is -0.211. The monoisotopic (exact) mass is 423 g/mol. The van der Waals surface area contributed by atoms with E-state index in [9.17, 15) is 4.79 Å². The maximum atomic E-state index is 12.7. The van der Waals surface area contributed by atoms with Gasteiger partial charge in [0.15, 0.2) is 0 Å². The summed E-state index contributed by atoms with van der Waals surface area (Å²) in [4.78, 5) is 23.2. The first kappa shape index (κ1) is 20.6. The van der Waals surface area contributed by atoms with Crippen LogP contribution in [-0.2, 0) is 13.0 Å². The summed E-state index contributed by atoms with van der Waals surface area (Å²) in [6.07, 6.45) is 2.47. The molecule has 2 atom stereocenters. The molecule has 0 aliphatic carbocycles. The van der Waals surface area contributed by atoms with Crippen LogP contribution in [0.15, 0.2) is 24.4 Å². The first-order chi connectivity index (χ1) is 13.4. The predicted octanol–water partition coefficient (Wildman–Crippen LogP) is 3.41. The predicted molar refractivity (Wildman–Crippen MR) is 110 cm³/mol. The molecule has 0 saturated heterocycles. The van der Waals surface area contributed by atoms with Crippen LogP contribution >= 0.6 is 23.2 Å². The summed E-state index contributed by atoms with van der Waals surface area (Å²) in [7, 11) is 0. The number of halogens is 2. The maximum absolute atomic E-state index is 12.7. The molecule has 0 bridgehead atoms. The highest BCUT2D eigenvalue weighted by molar-refractivity contribution is 6.42. The molecular formula is C19H23Cl2N5O2. The molecule has 1 aromatic heterocycles. The summed E-state index contributed by atoms with van der Waals surface area (Å²) in [5.74, 6) is 0.451. The SMILES string of the molecule is C[C@@H](CO)Nc1ncc2c(n1)CN(C(=O)N[C@H](C)c1ccc(Cl)c(Cl)c1)CC2. The fraction of sp³-hybridized carbons (Fsp3) is 0.421. The summed E-state index contributed by atoms with van der Waals surface area (Å²) in [6.45, 7) is 4.72. The van der Waals surface area contributed by atoms with Gasteiger partial charge in [0, 0.05) is 18.8 Å². The second-order valence-corrected chi connectivity index (χ2v) is 7.72. The highest BCUT2D eigenvalue weighted by atomic mass is 35.5. The number of benzene rings is 1. The molecule has 3 N–H and O–H groups in total. The lowest BCUT2D eigenvalue weighted by Gasteiger charge is -2.29. The summed E-state index contributed by atoms with van der Waals surface area (Å²) in [5.41, 5.74) is 2.72. The average molecular weight is 424 g/mol. The topological polar surface area (TPSA) is 90.4 Å². The smallest absolute Gasteiger partial charge is 0.318 e. The number of nitrogens with zero attached hydrogens (tertiary/aromatic N) is 3. The van der Waals surface area contributed by atoms with Gasteiger partial charge in [-0.15, -0.1) is 0 Å². The third kappa shape index (κ3) is 4.84. The third-order valence-electron chi connectivity index (χ3n) is 4.67. The van der Waals surface area contributed by atoms with Crippen molar-refractivity contribution in [3.63, 3.8) is 0 Å². The van der Waals surface area contributed by atoms with Crippen LogP contribution in [-0.4, -0.2) is 45.2 Å². The second-order valence-electron chi connectivity index (χ2n) is 6.91. The van der Waals surface area contributed by atoms with Crippen LogP contribution < -0.4 is 10.6 Å². The number of anilines is 1. The number of rotatable bonds is 5. The van der Waals surface area contributed by atoms with Gasteiger partial charge < -0.3 is 20.6 Å². The van der Waals surface area contributed by atoms with Crippen LogP contribution in [0.5, 0.6) is 0 Å². The van der Waals surface area contributed by atoms with Gasteiger partial charge in [-0.1, -0.05) is 29.3 Å². The Morgan fingerprint density at radius 1 is 1.32 bits per heavy atom. The zero-order valence-electron chi connectivity index (χ0n) is 15.7. The number of aromatic nitrogens is 2. The molecule has 3 rings (SSSR count). The van der Waals surface area contributed by atoms with Gasteiger partial charge >= 0.3 is 6.03 Å². The number of carbonyl (C=O) groups is 1. The summed E-state index contributed by atoms with van der Waals surface area (Å²) >= 11 is 12.0. The number of carbonyl (C=O) groups excluding carboxylic acids is 1. The Balaban J connectivity index is 1.66. The van der Waals surface area contributed by atoms with E-state index >= 15 is 0 Å². The Morgan fingerprint density at radius 3 is 2.82 bits per heavy atom. The average Bonchev–Trinajstić information content (AvgIpc) is 2.69. The van der Waals surface area contributed by atoms with E-state index in [-0.39, 0.29) is 24.7 Å². The third-order valence-corrected chi connectivity index (χ3v) is 5.41. The van der Waals surface area contributed by atoms with Crippen molar-refractivity contribution in [2.45, 2.75) is 38.9 Å². The summed E-state index contributed by atoms with van der Waals surface area (Å²) in [5, 5.41) is 16.1. The van der Waals surface area contributed by atoms with Crippen LogP contribution in [0.4, 0.5) is 10.7 Å². The molecule has 9 heteroatoms. The van der Waals surface area contributed by atoms with Gasteiger partial charge in [0.2, 0.25) is 5.95 Å². The van der Waals surface area contributed by atoms with Crippen LogP contribution in [0, 0.1) is 0 Å². The summed E-state index contributed by atoms with van der Waals surface area (Å²) in [6, 6.07) is 4.80. The lowest BCUT2D eigenvalue weighted by molar-refractivity contribution is 0.188. The molecule has 150 valence electrons. The zero-order chi connectivity index (χ0) is 20.3. The minimum absolute atomic E-state index is 0.0123. The lowest BCUT2D eigenvalue weighted by Crippen LogP contribution is -2.44. The van der Waals surface area contributed by atoms with Crippen LogP contribution in [0.25, 0.3) is 0 Å². The van der Waals surface area contributed by atoms with E-state index in [4.69, 9.17) is 28.3 Å². The fourth-order valence-electron chi connectivity index (χ4n) is 2.95. The number of fused-ring (bicyclic) bond motifs is 1. The van der Waals surface area contributed by atoms with Crippen molar-refractivity contribution >= 4 is 35.2 Å². The first-order valence-electron chi connectivity index (χ1n) is 9.10. The molecule has 0 fully saturated rings. The molecule has 0 unspecified atom stereocenters. The molecule has 0 saturated carbocycles. The number of aliphatic hydroxyl groups is 1. The standard InChI is InChI=1S/C19H23Cl2N5O2/c1-11(10-27)23-18-22-8-14-5-6-26(9-17(14)25-18)19(28)24-12(2)13-3-4-15(20)16(21)7-13/h3-4,7-8,11-12,27H,5-6,9-10H2,1-2H3,(H,24,28)(H,22,23,25)/t11-,12+/m0/s1. The van der Waals surface area contributed by atoms with E-state index < -0.39 is 0 Å². The Morgan fingerprint density at radius 2 is 2.11 bits per heavy atom. The largest absolute Gasteiger partial charge is 0.394 e. The number of urea groups is 1. The molecule has 28 heavy (non-hydrogen) atoms. The number of nitrogens with one attached hydrogen (secondary N) is 2. The molecule has 1 aliphatic rings. The molecule has 1 aromatic carbocycles. The van der Waals surface area contributed by atoms with Crippen molar-refractivity contribution in [1.82, 2.24) is 20.2 Å². The van der Waals surface area contributed by atoms with Gasteiger partial charge in [0.1, 0.15) is 0 Å². The molecule has 0 radical (unpaired) electrons. The molecular weight excluding hydrogens is 401 g/mol. The van der Waals surface area contributed by atoms with Gasteiger partial charge in [-0.3, -0.25) is 0 Å². The van der Waals surface area contributed by atoms with Gasteiger partial charge in [-0.05, 0) is 43.5 Å². The van der Waals surface area contributed by atoms with E-state index in [1.807, 2.05) is 19.9 Å². The van der Waals surface area contributed by atoms with Crippen molar-refractivity contribution in [3.05, 3.63) is 51.3 Å². The molecule has 0 spiro atoms. The van der Waals surface area contributed by atoms with E-state index in [0.717, 1.165) is 16.8 Å². The number of hydrogen-bond donors (Lipinski definition) is 3. The summed E-state index contributed by atoms with van der Waals surface area (Å²) < 4.78 is 0. The van der Waals surface area contributed by atoms with Crippen LogP contribution in [0.3, 0.4) is 0 Å². The maximum Gasteiger partial charge on any atom is 0.318 e. The highest BCUT2D eigenvalue weighted by Gasteiger charge is 2.24. The Labute approximate surface area is 174 Å². The van der Waals surface area contributed by atoms with Crippen molar-refractivity contribution < 1.29 is 9.90 Å². The van der Waals surface area contributed by atoms with Crippen molar-refractivity contribution in [2.24, 2.45) is 0 Å². The first-order valence-corrected chi connectivity index (χ1v) is 9.85. The van der Waals surface area contributed by atoms with Gasteiger partial charge in [0.25, 0.3) is 0 Å². The van der Waals surface area contributed by atoms with Crippen molar-refractivity contribution in [2.75, 3.05) is 18.5 Å². The lowest BCUT2D eigenvalue weighted by atomic mass is 10.1. The van der Waals surface area contributed by atoms with Crippen molar-refractivity contribution in [3.8, 4) is 0 Å². The molecule has 7 nitrogen and oxygen atoms in total. The van der Waals surface area contributed by atoms with E-state index in [0.29, 0.717) is 35.5 Å². The normalized spacial score (nSPS) is 15.5. The van der Waals surface area contributed by atoms with E-state index in [1.54, 1.807) is 23.2 Å². The Kier molecular flexibility index (Phi) is 6.59. The Bertz CT molecular complexity index is 864.